The Morgan fingerprint density at radius 3 is 2.47 bits per heavy atom. The molecule has 0 aliphatic carbocycles. The number of hydrogen-bond donors (Lipinski definition) is 0. The minimum Gasteiger partial charge on any atom is -0.453 e. The average Bonchev–Trinajstić information content (AvgIpc) is 3.27. The normalized spacial score (nSPS) is 10.8. The van der Waals surface area contributed by atoms with E-state index in [4.69, 9.17) is 4.74 Å². The van der Waals surface area contributed by atoms with Crippen LogP contribution in [0.15, 0.2) is 60.8 Å². The summed E-state index contributed by atoms with van der Waals surface area (Å²) in [5.41, 5.74) is 2.75. The van der Waals surface area contributed by atoms with Crippen LogP contribution in [0.5, 0.6) is 11.5 Å². The predicted octanol–water partition coefficient (Wildman–Crippen LogP) is 7.67. The summed E-state index contributed by atoms with van der Waals surface area (Å²) in [7, 11) is 2.12. The van der Waals surface area contributed by atoms with Crippen LogP contribution in [0.4, 0.5) is 10.1 Å². The Bertz CT molecular complexity index is 1260. The van der Waals surface area contributed by atoms with Crippen molar-refractivity contribution >= 4 is 27.2 Å². The van der Waals surface area contributed by atoms with Crippen LogP contribution in [0.2, 0.25) is 0 Å². The van der Waals surface area contributed by atoms with E-state index in [1.807, 2.05) is 19.9 Å². The van der Waals surface area contributed by atoms with Crippen LogP contribution in [-0.4, -0.2) is 28.4 Å². The van der Waals surface area contributed by atoms with Gasteiger partial charge in [0.2, 0.25) is 0 Å². The Balaban J connectivity index is 0.00000158. The van der Waals surface area contributed by atoms with Crippen molar-refractivity contribution in [1.82, 2.24) is 9.88 Å². The van der Waals surface area contributed by atoms with Gasteiger partial charge in [-0.05, 0) is 43.3 Å². The fourth-order valence-electron chi connectivity index (χ4n) is 3.49. The number of benzene rings is 2. The van der Waals surface area contributed by atoms with Crippen LogP contribution in [0.3, 0.4) is 0 Å². The van der Waals surface area contributed by atoms with Gasteiger partial charge in [0.05, 0.1) is 21.2 Å². The molecule has 2 aromatic heterocycles. The van der Waals surface area contributed by atoms with E-state index < -0.39 is 10.7 Å². The molecule has 0 bridgehead atoms. The second-order valence-electron chi connectivity index (χ2n) is 7.54. The van der Waals surface area contributed by atoms with Gasteiger partial charge in [-0.2, -0.15) is 0 Å². The summed E-state index contributed by atoms with van der Waals surface area (Å²) in [6.45, 7) is 8.13. The molecule has 0 fully saturated rings. The summed E-state index contributed by atoms with van der Waals surface area (Å²) >= 11 is 1.51. The van der Waals surface area contributed by atoms with Crippen molar-refractivity contribution in [3.8, 4) is 21.9 Å². The largest absolute Gasteiger partial charge is 0.453 e. The van der Waals surface area contributed by atoms with Crippen molar-refractivity contribution in [3.63, 3.8) is 0 Å². The monoisotopic (exact) mass is 481 g/mol. The minimum absolute atomic E-state index is 0.0707. The summed E-state index contributed by atoms with van der Waals surface area (Å²) in [5, 5.41) is 10.8. The molecule has 178 valence electrons. The Morgan fingerprint density at radius 2 is 1.82 bits per heavy atom. The Hall–Kier alpha value is -3.36. The second-order valence-corrected chi connectivity index (χ2v) is 8.59. The van der Waals surface area contributed by atoms with Gasteiger partial charge in [0, 0.05) is 29.8 Å². The lowest BCUT2D eigenvalue weighted by Crippen LogP contribution is -2.18. The van der Waals surface area contributed by atoms with Crippen LogP contribution in [0.25, 0.3) is 20.7 Å². The molecule has 0 spiro atoms. The molecule has 0 amide bonds. The fourth-order valence-corrected chi connectivity index (χ4v) is 4.56. The smallest absolute Gasteiger partial charge is 0.272 e. The Morgan fingerprint density at radius 1 is 1.09 bits per heavy atom. The van der Waals surface area contributed by atoms with E-state index in [0.29, 0.717) is 5.75 Å². The summed E-state index contributed by atoms with van der Waals surface area (Å²) in [4.78, 5) is 17.9. The third-order valence-corrected chi connectivity index (χ3v) is 6.21. The number of non-ortho nitro benzene ring substituents is 1. The zero-order valence-corrected chi connectivity index (χ0v) is 20.6. The van der Waals surface area contributed by atoms with Crippen molar-refractivity contribution in [3.05, 3.63) is 82.3 Å². The zero-order chi connectivity index (χ0) is 24.7. The van der Waals surface area contributed by atoms with Gasteiger partial charge < -0.3 is 9.64 Å². The lowest BCUT2D eigenvalue weighted by Gasteiger charge is -2.15. The zero-order valence-electron chi connectivity index (χ0n) is 19.7. The summed E-state index contributed by atoms with van der Waals surface area (Å²) in [6.07, 6.45) is 2.72. The van der Waals surface area contributed by atoms with E-state index in [2.05, 4.69) is 48.1 Å². The maximum atomic E-state index is 14.3. The van der Waals surface area contributed by atoms with Crippen molar-refractivity contribution in [2.24, 2.45) is 0 Å². The molecule has 0 saturated carbocycles. The van der Waals surface area contributed by atoms with Crippen LogP contribution in [0, 0.1) is 15.9 Å². The molecule has 0 N–H and O–H groups in total. The van der Waals surface area contributed by atoms with Crippen LogP contribution < -0.4 is 4.74 Å². The van der Waals surface area contributed by atoms with Crippen molar-refractivity contribution < 1.29 is 14.1 Å². The van der Waals surface area contributed by atoms with Crippen LogP contribution in [0.1, 0.15) is 32.8 Å². The van der Waals surface area contributed by atoms with Crippen LogP contribution in [-0.2, 0) is 6.54 Å². The van der Waals surface area contributed by atoms with Gasteiger partial charge in [-0.25, -0.2) is 4.39 Å². The van der Waals surface area contributed by atoms with Gasteiger partial charge in [-0.1, -0.05) is 45.0 Å². The molecular formula is C26H28FN3O3S. The van der Waals surface area contributed by atoms with Crippen molar-refractivity contribution in [1.29, 1.82) is 0 Å². The number of ether oxygens (including phenoxy) is 1. The molecule has 2 heterocycles. The molecule has 0 aliphatic heterocycles. The molecule has 34 heavy (non-hydrogen) atoms. The highest BCUT2D eigenvalue weighted by Gasteiger charge is 2.15. The molecular weight excluding hydrogens is 453 g/mol. The summed E-state index contributed by atoms with van der Waals surface area (Å²) < 4.78 is 20.8. The highest BCUT2D eigenvalue weighted by atomic mass is 32.1. The number of aromatic nitrogens is 1. The minimum atomic E-state index is -0.787. The van der Waals surface area contributed by atoms with E-state index in [-0.39, 0.29) is 11.4 Å². The maximum Gasteiger partial charge on any atom is 0.272 e. The second kappa shape index (κ2) is 11.7. The number of nitrogens with zero attached hydrogens (tertiary/aromatic N) is 3. The number of halogens is 1. The third kappa shape index (κ3) is 5.95. The van der Waals surface area contributed by atoms with Crippen molar-refractivity contribution in [2.45, 2.75) is 33.7 Å². The number of fused-ring (bicyclic) bond motifs is 1. The van der Waals surface area contributed by atoms with Crippen LogP contribution >= 0.6 is 11.3 Å². The molecule has 4 aromatic rings. The average molecular weight is 482 g/mol. The quantitative estimate of drug-likeness (QED) is 0.191. The number of pyridine rings is 1. The van der Waals surface area contributed by atoms with E-state index >= 15 is 0 Å². The summed E-state index contributed by atoms with van der Waals surface area (Å²) in [5.74, 6) is -0.403. The first-order valence-electron chi connectivity index (χ1n) is 11.2. The predicted molar refractivity (Wildman–Crippen MR) is 136 cm³/mol. The van der Waals surface area contributed by atoms with Crippen molar-refractivity contribution in [2.75, 3.05) is 13.6 Å². The Kier molecular flexibility index (Phi) is 8.67. The topological polar surface area (TPSA) is 68.5 Å². The number of nitro groups is 1. The SMILES string of the molecule is CC.CCCN(C)Cc1ccc(-c2cc3nccc(Oc4ccc([N+](=O)[O-])cc4F)c3s2)cc1. The fraction of sp³-hybridized carbons (Fsp3) is 0.269. The number of nitro benzene ring substituents is 1. The maximum absolute atomic E-state index is 14.3. The lowest BCUT2D eigenvalue weighted by molar-refractivity contribution is -0.385. The van der Waals surface area contributed by atoms with E-state index in [1.54, 1.807) is 12.3 Å². The molecule has 4 rings (SSSR count). The van der Waals surface area contributed by atoms with Gasteiger partial charge in [0.15, 0.2) is 11.6 Å². The highest BCUT2D eigenvalue weighted by molar-refractivity contribution is 7.22. The van der Waals surface area contributed by atoms with Gasteiger partial charge in [0.25, 0.3) is 5.69 Å². The van der Waals surface area contributed by atoms with Gasteiger partial charge in [-0.3, -0.25) is 15.1 Å². The highest BCUT2D eigenvalue weighted by Crippen LogP contribution is 2.39. The molecule has 0 unspecified atom stereocenters. The molecule has 0 atom stereocenters. The standard InChI is InChI=1S/C24H22FN3O3S.C2H6/c1-3-12-27(2)15-16-4-6-17(7-5-16)23-14-20-24(32-23)22(10-11-26-20)31-21-9-8-18(28(29)30)13-19(21)25;1-2/h4-11,13-14H,3,12,15H2,1-2H3;1-2H3. The lowest BCUT2D eigenvalue weighted by atomic mass is 10.1. The summed E-state index contributed by atoms with van der Waals surface area (Å²) in [6, 6.07) is 15.4. The van der Waals surface area contributed by atoms with E-state index in [1.165, 1.54) is 29.0 Å². The molecule has 0 saturated heterocycles. The van der Waals surface area contributed by atoms with E-state index in [0.717, 1.165) is 46.2 Å². The number of hydrogen-bond acceptors (Lipinski definition) is 6. The Labute approximate surface area is 202 Å². The van der Waals surface area contributed by atoms with Gasteiger partial charge in [0.1, 0.15) is 5.75 Å². The first-order chi connectivity index (χ1) is 16.4. The molecule has 2 aromatic carbocycles. The molecule has 0 radical (unpaired) electrons. The van der Waals surface area contributed by atoms with Gasteiger partial charge >= 0.3 is 0 Å². The van der Waals surface area contributed by atoms with Gasteiger partial charge in [-0.15, -0.1) is 11.3 Å². The first kappa shape index (κ1) is 25.3. The third-order valence-electron chi connectivity index (χ3n) is 5.02. The van der Waals surface area contributed by atoms with E-state index in [9.17, 15) is 14.5 Å². The number of thiophene rings is 1. The molecule has 0 aliphatic rings. The molecule has 8 heteroatoms. The molecule has 6 nitrogen and oxygen atoms in total. The number of rotatable bonds is 8. The first-order valence-corrected chi connectivity index (χ1v) is 12.0.